The first-order valence-electron chi connectivity index (χ1n) is 6.08. The lowest BCUT2D eigenvalue weighted by molar-refractivity contribution is -0.135. The Morgan fingerprint density at radius 2 is 1.89 bits per heavy atom. The fourth-order valence-electron chi connectivity index (χ4n) is 3.05. The summed E-state index contributed by atoms with van der Waals surface area (Å²) in [6.07, 6.45) is 2.64. The summed E-state index contributed by atoms with van der Waals surface area (Å²) in [4.78, 5) is 0. The van der Waals surface area contributed by atoms with Crippen LogP contribution >= 0.6 is 0 Å². The number of hydrogen-bond donors (Lipinski definition) is 0. The highest BCUT2D eigenvalue weighted by Gasteiger charge is 2.60. The Bertz CT molecular complexity index is 527. The zero-order chi connectivity index (χ0) is 12.8. The lowest BCUT2D eigenvalue weighted by Crippen LogP contribution is -2.61. The van der Waals surface area contributed by atoms with Gasteiger partial charge in [-0.15, -0.1) is 0 Å². The van der Waals surface area contributed by atoms with Crippen molar-refractivity contribution in [1.82, 2.24) is 0 Å². The van der Waals surface area contributed by atoms with Gasteiger partial charge in [-0.1, -0.05) is 12.5 Å². The SMILES string of the molecule is N#CC1(C2(c3ccc(F)c(F)c3)COC2)CCC1. The molecule has 2 fully saturated rings. The van der Waals surface area contributed by atoms with Crippen molar-refractivity contribution in [3.05, 3.63) is 35.4 Å². The molecule has 0 amide bonds. The van der Waals surface area contributed by atoms with Gasteiger partial charge in [0.15, 0.2) is 11.6 Å². The van der Waals surface area contributed by atoms with Crippen molar-refractivity contribution in [1.29, 1.82) is 5.26 Å². The van der Waals surface area contributed by atoms with Crippen LogP contribution in [0.5, 0.6) is 0 Å². The Balaban J connectivity index is 2.06. The maximum Gasteiger partial charge on any atom is 0.159 e. The van der Waals surface area contributed by atoms with Gasteiger partial charge in [0.2, 0.25) is 0 Å². The molecule has 1 aliphatic carbocycles. The van der Waals surface area contributed by atoms with Gasteiger partial charge in [0.25, 0.3) is 0 Å². The Morgan fingerprint density at radius 1 is 1.17 bits per heavy atom. The number of rotatable bonds is 2. The third-order valence-electron chi connectivity index (χ3n) is 4.51. The van der Waals surface area contributed by atoms with Crippen molar-refractivity contribution in [2.45, 2.75) is 24.7 Å². The fraction of sp³-hybridized carbons (Fsp3) is 0.500. The van der Waals surface area contributed by atoms with Crippen LogP contribution < -0.4 is 0 Å². The van der Waals surface area contributed by atoms with Crippen molar-refractivity contribution in [3.63, 3.8) is 0 Å². The van der Waals surface area contributed by atoms with Crippen LogP contribution in [-0.2, 0) is 10.2 Å². The van der Waals surface area contributed by atoms with Crippen molar-refractivity contribution >= 4 is 0 Å². The van der Waals surface area contributed by atoms with E-state index in [0.29, 0.717) is 18.8 Å². The molecule has 0 bridgehead atoms. The monoisotopic (exact) mass is 249 g/mol. The van der Waals surface area contributed by atoms with E-state index in [1.54, 1.807) is 6.07 Å². The van der Waals surface area contributed by atoms with Crippen LogP contribution in [0.2, 0.25) is 0 Å². The van der Waals surface area contributed by atoms with Crippen LogP contribution in [0.4, 0.5) is 8.78 Å². The molecular weight excluding hydrogens is 236 g/mol. The minimum atomic E-state index is -0.855. The molecule has 3 rings (SSSR count). The molecule has 94 valence electrons. The predicted molar refractivity (Wildman–Crippen MR) is 60.8 cm³/mol. The van der Waals surface area contributed by atoms with Gasteiger partial charge in [-0.05, 0) is 30.5 Å². The molecule has 0 atom stereocenters. The van der Waals surface area contributed by atoms with Gasteiger partial charge < -0.3 is 4.74 Å². The Kier molecular flexibility index (Phi) is 2.43. The molecule has 0 unspecified atom stereocenters. The van der Waals surface area contributed by atoms with Crippen LogP contribution in [0.3, 0.4) is 0 Å². The second kappa shape index (κ2) is 3.76. The van der Waals surface area contributed by atoms with Gasteiger partial charge in [-0.2, -0.15) is 5.26 Å². The normalized spacial score (nSPS) is 23.6. The minimum Gasteiger partial charge on any atom is -0.379 e. The zero-order valence-corrected chi connectivity index (χ0v) is 9.88. The van der Waals surface area contributed by atoms with Crippen LogP contribution in [0.15, 0.2) is 18.2 Å². The zero-order valence-electron chi connectivity index (χ0n) is 9.88. The molecule has 2 nitrogen and oxygen atoms in total. The summed E-state index contributed by atoms with van der Waals surface area (Å²) < 4.78 is 31.7. The number of nitriles is 1. The van der Waals surface area contributed by atoms with Gasteiger partial charge in [-0.3, -0.25) is 0 Å². The number of ether oxygens (including phenoxy) is 1. The van der Waals surface area contributed by atoms with Crippen molar-refractivity contribution in [3.8, 4) is 6.07 Å². The molecular formula is C14H13F2NO. The number of halogens is 2. The van der Waals surface area contributed by atoms with Gasteiger partial charge in [0.1, 0.15) is 0 Å². The van der Waals surface area contributed by atoms with Crippen molar-refractivity contribution in [2.75, 3.05) is 13.2 Å². The third kappa shape index (κ3) is 1.28. The molecule has 1 heterocycles. The molecule has 0 radical (unpaired) electrons. The molecule has 1 aromatic rings. The highest BCUT2D eigenvalue weighted by atomic mass is 19.2. The Morgan fingerprint density at radius 3 is 2.28 bits per heavy atom. The van der Waals surface area contributed by atoms with E-state index in [-0.39, 0.29) is 0 Å². The molecule has 4 heteroatoms. The predicted octanol–water partition coefficient (Wildman–Crippen LogP) is 2.93. The van der Waals surface area contributed by atoms with Gasteiger partial charge in [0, 0.05) is 0 Å². The van der Waals surface area contributed by atoms with E-state index in [0.717, 1.165) is 25.3 Å². The molecule has 0 aromatic heterocycles. The van der Waals surface area contributed by atoms with E-state index in [2.05, 4.69) is 6.07 Å². The molecule has 1 aliphatic heterocycles. The molecule has 0 N–H and O–H groups in total. The Hall–Kier alpha value is -1.47. The Labute approximate surface area is 104 Å². The van der Waals surface area contributed by atoms with Crippen molar-refractivity contribution in [2.24, 2.45) is 5.41 Å². The van der Waals surface area contributed by atoms with Crippen molar-refractivity contribution < 1.29 is 13.5 Å². The highest BCUT2D eigenvalue weighted by Crippen LogP contribution is 2.58. The number of benzene rings is 1. The largest absolute Gasteiger partial charge is 0.379 e. The first-order valence-corrected chi connectivity index (χ1v) is 6.08. The molecule has 0 spiro atoms. The molecule has 1 saturated carbocycles. The smallest absolute Gasteiger partial charge is 0.159 e. The minimum absolute atomic E-state index is 0.422. The fourth-order valence-corrected chi connectivity index (χ4v) is 3.05. The maximum absolute atomic E-state index is 13.4. The number of nitrogens with zero attached hydrogens (tertiary/aromatic N) is 1. The maximum atomic E-state index is 13.4. The summed E-state index contributed by atoms with van der Waals surface area (Å²) >= 11 is 0. The van der Waals surface area contributed by atoms with E-state index in [4.69, 9.17) is 4.74 Å². The summed E-state index contributed by atoms with van der Waals surface area (Å²) in [5.41, 5.74) is -0.224. The summed E-state index contributed by atoms with van der Waals surface area (Å²) in [5, 5.41) is 9.45. The van der Waals surface area contributed by atoms with Crippen LogP contribution in [0.1, 0.15) is 24.8 Å². The molecule has 2 aliphatic rings. The summed E-state index contributed by atoms with van der Waals surface area (Å²) in [5.74, 6) is -1.71. The van der Waals surface area contributed by atoms with E-state index in [1.807, 2.05) is 0 Å². The second-order valence-electron chi connectivity index (χ2n) is 5.25. The van der Waals surface area contributed by atoms with Crippen LogP contribution in [0.25, 0.3) is 0 Å². The van der Waals surface area contributed by atoms with E-state index >= 15 is 0 Å². The first-order chi connectivity index (χ1) is 8.63. The lowest BCUT2D eigenvalue weighted by atomic mass is 9.50. The lowest BCUT2D eigenvalue weighted by Gasteiger charge is -2.56. The third-order valence-corrected chi connectivity index (χ3v) is 4.51. The van der Waals surface area contributed by atoms with E-state index in [9.17, 15) is 14.0 Å². The molecule has 1 saturated heterocycles. The average molecular weight is 249 g/mol. The summed E-state index contributed by atoms with van der Waals surface area (Å²) in [6, 6.07) is 6.33. The topological polar surface area (TPSA) is 33.0 Å². The number of hydrogen-bond acceptors (Lipinski definition) is 2. The van der Waals surface area contributed by atoms with Crippen LogP contribution in [0, 0.1) is 28.4 Å². The average Bonchev–Trinajstić information content (AvgIpc) is 2.25. The van der Waals surface area contributed by atoms with Gasteiger partial charge >= 0.3 is 0 Å². The van der Waals surface area contributed by atoms with E-state index in [1.165, 1.54) is 6.07 Å². The van der Waals surface area contributed by atoms with Gasteiger partial charge in [0.05, 0.1) is 30.1 Å². The molecule has 18 heavy (non-hydrogen) atoms. The van der Waals surface area contributed by atoms with Gasteiger partial charge in [-0.25, -0.2) is 8.78 Å². The standard InChI is InChI=1S/C14H13F2NO/c15-11-3-2-10(6-12(11)16)14(8-18-9-14)13(7-17)4-1-5-13/h2-3,6H,1,4-5,8-9H2. The second-order valence-corrected chi connectivity index (χ2v) is 5.25. The van der Waals surface area contributed by atoms with E-state index < -0.39 is 22.5 Å². The summed E-state index contributed by atoms with van der Waals surface area (Å²) in [7, 11) is 0. The first kappa shape index (κ1) is 11.6. The molecule has 1 aromatic carbocycles. The van der Waals surface area contributed by atoms with Crippen LogP contribution in [-0.4, -0.2) is 13.2 Å². The highest BCUT2D eigenvalue weighted by molar-refractivity contribution is 5.37. The quantitative estimate of drug-likeness (QED) is 0.807. The summed E-state index contributed by atoms with van der Waals surface area (Å²) in [6.45, 7) is 0.845.